The van der Waals surface area contributed by atoms with Gasteiger partial charge in [-0.05, 0) is 44.9 Å². The Morgan fingerprint density at radius 2 is 1.96 bits per heavy atom. The van der Waals surface area contributed by atoms with Gasteiger partial charge in [-0.2, -0.15) is 4.98 Å². The highest BCUT2D eigenvalue weighted by atomic mass is 35.5. The first kappa shape index (κ1) is 17.9. The number of hydrogen-bond acceptors (Lipinski definition) is 5. The largest absolute Gasteiger partial charge is 0.338 e. The maximum absolute atomic E-state index is 5.40. The van der Waals surface area contributed by atoms with E-state index >= 15 is 0 Å². The summed E-state index contributed by atoms with van der Waals surface area (Å²) in [4.78, 5) is 6.92. The van der Waals surface area contributed by atoms with E-state index in [4.69, 9.17) is 4.52 Å². The lowest BCUT2D eigenvalue weighted by Crippen LogP contribution is -2.36. The van der Waals surface area contributed by atoms with Crippen molar-refractivity contribution in [2.24, 2.45) is 5.92 Å². The predicted molar refractivity (Wildman–Crippen MR) is 93.5 cm³/mol. The van der Waals surface area contributed by atoms with Crippen molar-refractivity contribution in [2.75, 3.05) is 26.2 Å². The van der Waals surface area contributed by atoms with Crippen LogP contribution in [0.25, 0.3) is 11.4 Å². The third kappa shape index (κ3) is 5.03. The number of halogens is 1. The van der Waals surface area contributed by atoms with E-state index in [0.29, 0.717) is 11.7 Å². The van der Waals surface area contributed by atoms with Crippen LogP contribution in [0.2, 0.25) is 0 Å². The molecule has 0 amide bonds. The van der Waals surface area contributed by atoms with Crippen LogP contribution < -0.4 is 5.32 Å². The molecule has 0 spiro atoms. The summed E-state index contributed by atoms with van der Waals surface area (Å²) in [5.41, 5.74) is 1.00. The highest BCUT2D eigenvalue weighted by Gasteiger charge is 2.20. The summed E-state index contributed by atoms with van der Waals surface area (Å²) >= 11 is 0. The fourth-order valence-corrected chi connectivity index (χ4v) is 2.91. The zero-order valence-corrected chi connectivity index (χ0v) is 14.4. The van der Waals surface area contributed by atoms with Crippen LogP contribution in [0.5, 0.6) is 0 Å². The van der Waals surface area contributed by atoms with E-state index in [1.54, 1.807) is 0 Å². The van der Waals surface area contributed by atoms with Crippen molar-refractivity contribution in [1.29, 1.82) is 0 Å². The number of nitrogens with zero attached hydrogens (tertiary/aromatic N) is 3. The Balaban J connectivity index is 0.00000192. The third-order valence-electron chi connectivity index (χ3n) is 4.25. The molecule has 23 heavy (non-hydrogen) atoms. The zero-order valence-electron chi connectivity index (χ0n) is 13.6. The average molecular weight is 337 g/mol. The molecule has 2 aromatic rings. The minimum atomic E-state index is 0. The van der Waals surface area contributed by atoms with Gasteiger partial charge < -0.3 is 9.84 Å². The molecule has 1 aliphatic heterocycles. The summed E-state index contributed by atoms with van der Waals surface area (Å²) in [6, 6.07) is 9.96. The number of aromatic nitrogens is 2. The van der Waals surface area contributed by atoms with Gasteiger partial charge in [-0.3, -0.25) is 4.90 Å². The van der Waals surface area contributed by atoms with Crippen LogP contribution >= 0.6 is 12.4 Å². The van der Waals surface area contributed by atoms with Crippen LogP contribution in [-0.4, -0.2) is 41.2 Å². The van der Waals surface area contributed by atoms with Crippen molar-refractivity contribution >= 4 is 12.4 Å². The van der Waals surface area contributed by atoms with Gasteiger partial charge in [-0.25, -0.2) is 0 Å². The number of likely N-dealkylation sites (tertiary alicyclic amines) is 1. The predicted octanol–water partition coefficient (Wildman–Crippen LogP) is 2.98. The molecule has 1 aliphatic rings. The second kappa shape index (κ2) is 9.01. The van der Waals surface area contributed by atoms with Gasteiger partial charge >= 0.3 is 0 Å². The maximum Gasteiger partial charge on any atom is 0.241 e. The van der Waals surface area contributed by atoms with Crippen molar-refractivity contribution in [3.8, 4) is 11.4 Å². The average Bonchev–Trinajstić information content (AvgIpc) is 3.04. The molecule has 3 rings (SSSR count). The van der Waals surface area contributed by atoms with Crippen LogP contribution in [0.1, 0.15) is 25.7 Å². The number of piperidine rings is 1. The first-order valence-corrected chi connectivity index (χ1v) is 8.16. The lowest BCUT2D eigenvalue weighted by Gasteiger charge is -2.30. The van der Waals surface area contributed by atoms with E-state index < -0.39 is 0 Å². The van der Waals surface area contributed by atoms with Crippen LogP contribution in [0.3, 0.4) is 0 Å². The first-order valence-electron chi connectivity index (χ1n) is 8.16. The topological polar surface area (TPSA) is 54.2 Å². The fraction of sp³-hybridized carbons (Fsp3) is 0.529. The molecule has 1 N–H and O–H groups in total. The summed E-state index contributed by atoms with van der Waals surface area (Å²) < 4.78 is 5.40. The molecule has 0 aliphatic carbocycles. The standard InChI is InChI=1S/C17H24N4O.ClH/c1-2-18-12-14-8-10-21(11-9-14)13-16-19-17(20-22-16)15-6-4-3-5-7-15;/h3-7,14,18H,2,8-13H2,1H3;1H. The van der Waals surface area contributed by atoms with Crippen LogP contribution in [0.4, 0.5) is 0 Å². The van der Waals surface area contributed by atoms with E-state index in [1.807, 2.05) is 30.3 Å². The minimum absolute atomic E-state index is 0. The van der Waals surface area contributed by atoms with Crippen LogP contribution in [-0.2, 0) is 6.54 Å². The summed E-state index contributed by atoms with van der Waals surface area (Å²) in [6.07, 6.45) is 2.49. The Morgan fingerprint density at radius 3 is 2.65 bits per heavy atom. The molecule has 0 bridgehead atoms. The Morgan fingerprint density at radius 1 is 1.22 bits per heavy atom. The Bertz CT molecular complexity index is 567. The molecule has 1 aromatic carbocycles. The third-order valence-corrected chi connectivity index (χ3v) is 4.25. The van der Waals surface area contributed by atoms with E-state index in [2.05, 4.69) is 27.3 Å². The molecule has 5 nitrogen and oxygen atoms in total. The number of benzene rings is 1. The normalized spacial score (nSPS) is 16.2. The molecule has 1 fully saturated rings. The molecule has 0 saturated carbocycles. The summed E-state index contributed by atoms with van der Waals surface area (Å²) in [6.45, 7) is 7.34. The van der Waals surface area contributed by atoms with Crippen LogP contribution in [0, 0.1) is 5.92 Å². The highest BCUT2D eigenvalue weighted by molar-refractivity contribution is 5.85. The Hall–Kier alpha value is -1.43. The van der Waals surface area contributed by atoms with Crippen LogP contribution in [0.15, 0.2) is 34.9 Å². The van der Waals surface area contributed by atoms with E-state index in [9.17, 15) is 0 Å². The maximum atomic E-state index is 5.40. The zero-order chi connectivity index (χ0) is 15.2. The molecule has 6 heteroatoms. The van der Waals surface area contributed by atoms with Gasteiger partial charge in [-0.15, -0.1) is 12.4 Å². The lowest BCUT2D eigenvalue weighted by atomic mass is 9.97. The van der Waals surface area contributed by atoms with Gasteiger partial charge in [0, 0.05) is 5.56 Å². The lowest BCUT2D eigenvalue weighted by molar-refractivity contribution is 0.158. The van der Waals surface area contributed by atoms with Crippen molar-refractivity contribution in [1.82, 2.24) is 20.4 Å². The van der Waals surface area contributed by atoms with E-state index in [1.165, 1.54) is 12.8 Å². The van der Waals surface area contributed by atoms with Gasteiger partial charge in [0.15, 0.2) is 0 Å². The van der Waals surface area contributed by atoms with Gasteiger partial charge in [0.25, 0.3) is 0 Å². The number of nitrogens with one attached hydrogen (secondary N) is 1. The molecule has 1 aromatic heterocycles. The molecule has 0 radical (unpaired) electrons. The quantitative estimate of drug-likeness (QED) is 0.879. The summed E-state index contributed by atoms with van der Waals surface area (Å²) in [5.74, 6) is 2.19. The molecule has 0 atom stereocenters. The van der Waals surface area contributed by atoms with Crippen molar-refractivity contribution in [3.63, 3.8) is 0 Å². The SMILES string of the molecule is CCNCC1CCN(Cc2nc(-c3ccccc3)no2)CC1.Cl. The highest BCUT2D eigenvalue weighted by Crippen LogP contribution is 2.19. The van der Waals surface area contributed by atoms with Gasteiger partial charge in [0.05, 0.1) is 6.54 Å². The van der Waals surface area contributed by atoms with Gasteiger partial charge in [-0.1, -0.05) is 42.4 Å². The molecule has 1 saturated heterocycles. The molecular weight excluding hydrogens is 312 g/mol. The molecule has 0 unspecified atom stereocenters. The van der Waals surface area contributed by atoms with Crippen molar-refractivity contribution < 1.29 is 4.52 Å². The molecule has 126 valence electrons. The number of rotatable bonds is 6. The van der Waals surface area contributed by atoms with E-state index in [-0.39, 0.29) is 12.4 Å². The smallest absolute Gasteiger partial charge is 0.241 e. The van der Waals surface area contributed by atoms with E-state index in [0.717, 1.165) is 44.2 Å². The van der Waals surface area contributed by atoms with Gasteiger partial charge in [0.2, 0.25) is 11.7 Å². The monoisotopic (exact) mass is 336 g/mol. The number of hydrogen-bond donors (Lipinski definition) is 1. The Kier molecular flexibility index (Phi) is 7.02. The second-order valence-corrected chi connectivity index (χ2v) is 5.90. The summed E-state index contributed by atoms with van der Waals surface area (Å²) in [7, 11) is 0. The first-order chi connectivity index (χ1) is 10.8. The minimum Gasteiger partial charge on any atom is -0.338 e. The second-order valence-electron chi connectivity index (χ2n) is 5.90. The van der Waals surface area contributed by atoms with Gasteiger partial charge in [0.1, 0.15) is 0 Å². The fourth-order valence-electron chi connectivity index (χ4n) is 2.91. The summed E-state index contributed by atoms with van der Waals surface area (Å²) in [5, 5.41) is 7.53. The van der Waals surface area contributed by atoms with Crippen molar-refractivity contribution in [3.05, 3.63) is 36.2 Å². The Labute approximate surface area is 143 Å². The molecular formula is C17H25ClN4O. The molecule has 2 heterocycles. The van der Waals surface area contributed by atoms with Crippen molar-refractivity contribution in [2.45, 2.75) is 26.3 Å².